The molecule has 0 aliphatic heterocycles. The lowest BCUT2D eigenvalue weighted by atomic mass is 10.3. The van der Waals surface area contributed by atoms with E-state index in [1.54, 1.807) is 25.5 Å². The van der Waals surface area contributed by atoms with Gasteiger partial charge in [0.1, 0.15) is 0 Å². The fourth-order valence-corrected chi connectivity index (χ4v) is 0.710. The van der Waals surface area contributed by atoms with Gasteiger partial charge in [-0.15, -0.1) is 0 Å². The number of amides is 1. The minimum absolute atomic E-state index is 0.0971. The molecule has 68 valence electrons. The van der Waals surface area contributed by atoms with E-state index in [9.17, 15) is 4.79 Å². The minimum Gasteiger partial charge on any atom is -0.273 e. The molecule has 0 aromatic carbocycles. The SMILES string of the molecule is CCC(=O)NN=Cc1cccnc1. The van der Waals surface area contributed by atoms with Gasteiger partial charge in [0, 0.05) is 24.4 Å². The predicted octanol–water partition coefficient (Wildman–Crippen LogP) is 0.942. The van der Waals surface area contributed by atoms with Crippen molar-refractivity contribution in [3.8, 4) is 0 Å². The summed E-state index contributed by atoms with van der Waals surface area (Å²) in [4.78, 5) is 14.7. The Hall–Kier alpha value is -1.71. The molecule has 0 unspecified atom stereocenters. The average Bonchev–Trinajstić information content (AvgIpc) is 2.19. The van der Waals surface area contributed by atoms with Crippen LogP contribution in [0.25, 0.3) is 0 Å². The van der Waals surface area contributed by atoms with E-state index < -0.39 is 0 Å². The van der Waals surface area contributed by atoms with Gasteiger partial charge in [0.05, 0.1) is 6.21 Å². The lowest BCUT2D eigenvalue weighted by molar-refractivity contribution is -0.120. The molecule has 0 aliphatic rings. The molecule has 4 heteroatoms. The fraction of sp³-hybridized carbons (Fsp3) is 0.222. The fourth-order valence-electron chi connectivity index (χ4n) is 0.710. The summed E-state index contributed by atoms with van der Waals surface area (Å²) in [7, 11) is 0. The lowest BCUT2D eigenvalue weighted by Gasteiger charge is -1.93. The average molecular weight is 177 g/mol. The van der Waals surface area contributed by atoms with Gasteiger partial charge in [-0.25, -0.2) is 5.43 Å². The van der Waals surface area contributed by atoms with E-state index in [4.69, 9.17) is 0 Å². The molecule has 1 amide bonds. The lowest BCUT2D eigenvalue weighted by Crippen LogP contribution is -2.15. The van der Waals surface area contributed by atoms with Crippen molar-refractivity contribution in [3.05, 3.63) is 30.1 Å². The Bertz CT molecular complexity index is 295. The van der Waals surface area contributed by atoms with Crippen molar-refractivity contribution in [2.75, 3.05) is 0 Å². The van der Waals surface area contributed by atoms with Crippen molar-refractivity contribution in [2.45, 2.75) is 13.3 Å². The highest BCUT2D eigenvalue weighted by atomic mass is 16.2. The second kappa shape index (κ2) is 5.03. The maximum absolute atomic E-state index is 10.8. The summed E-state index contributed by atoms with van der Waals surface area (Å²) in [6.07, 6.45) is 5.34. The van der Waals surface area contributed by atoms with E-state index in [1.807, 2.05) is 12.1 Å². The van der Waals surface area contributed by atoms with Crippen LogP contribution < -0.4 is 5.43 Å². The third kappa shape index (κ3) is 3.46. The van der Waals surface area contributed by atoms with Gasteiger partial charge in [0.15, 0.2) is 0 Å². The number of pyridine rings is 1. The number of rotatable bonds is 3. The third-order valence-corrected chi connectivity index (χ3v) is 1.41. The molecule has 0 bridgehead atoms. The molecule has 1 rings (SSSR count). The molecule has 0 radical (unpaired) electrons. The molecule has 0 atom stereocenters. The zero-order valence-electron chi connectivity index (χ0n) is 7.40. The number of hydrogen-bond donors (Lipinski definition) is 1. The first kappa shape index (κ1) is 9.38. The number of hydrazone groups is 1. The molecule has 13 heavy (non-hydrogen) atoms. The van der Waals surface area contributed by atoms with Crippen molar-refractivity contribution in [1.82, 2.24) is 10.4 Å². The van der Waals surface area contributed by atoms with Gasteiger partial charge >= 0.3 is 0 Å². The standard InChI is InChI=1S/C9H11N3O/c1-2-9(13)12-11-7-8-4-3-5-10-6-8/h3-7H,2H2,1H3,(H,12,13). The van der Waals surface area contributed by atoms with Gasteiger partial charge in [0.2, 0.25) is 5.91 Å². The Morgan fingerprint density at radius 1 is 1.77 bits per heavy atom. The normalized spacial score (nSPS) is 10.2. The highest BCUT2D eigenvalue weighted by Crippen LogP contribution is 1.89. The second-order valence-electron chi connectivity index (χ2n) is 2.43. The molecule has 1 aromatic heterocycles. The van der Waals surface area contributed by atoms with Gasteiger partial charge < -0.3 is 0 Å². The molecule has 1 heterocycles. The van der Waals surface area contributed by atoms with Crippen molar-refractivity contribution < 1.29 is 4.79 Å². The largest absolute Gasteiger partial charge is 0.273 e. The summed E-state index contributed by atoms with van der Waals surface area (Å²) in [6, 6.07) is 3.66. The zero-order valence-corrected chi connectivity index (χ0v) is 7.40. The Morgan fingerprint density at radius 2 is 2.62 bits per heavy atom. The van der Waals surface area contributed by atoms with Crippen molar-refractivity contribution in [2.24, 2.45) is 5.10 Å². The Balaban J connectivity index is 2.45. The van der Waals surface area contributed by atoms with Gasteiger partial charge in [-0.1, -0.05) is 13.0 Å². The summed E-state index contributed by atoms with van der Waals surface area (Å²) >= 11 is 0. The molecule has 1 aromatic rings. The number of carbonyl (C=O) groups excluding carboxylic acids is 1. The zero-order chi connectivity index (χ0) is 9.52. The van der Waals surface area contributed by atoms with Crippen molar-refractivity contribution >= 4 is 12.1 Å². The maximum Gasteiger partial charge on any atom is 0.239 e. The van der Waals surface area contributed by atoms with Crippen LogP contribution >= 0.6 is 0 Å². The minimum atomic E-state index is -0.0971. The third-order valence-electron chi connectivity index (χ3n) is 1.41. The van der Waals surface area contributed by atoms with E-state index in [2.05, 4.69) is 15.5 Å². The maximum atomic E-state index is 10.8. The highest BCUT2D eigenvalue weighted by molar-refractivity contribution is 5.81. The van der Waals surface area contributed by atoms with Crippen LogP contribution in [0.3, 0.4) is 0 Å². The van der Waals surface area contributed by atoms with Gasteiger partial charge in [-0.3, -0.25) is 9.78 Å². The molecule has 0 spiro atoms. The quantitative estimate of drug-likeness (QED) is 0.552. The predicted molar refractivity (Wildman–Crippen MR) is 50.3 cm³/mol. The first-order valence-corrected chi connectivity index (χ1v) is 4.05. The van der Waals surface area contributed by atoms with Crippen molar-refractivity contribution in [1.29, 1.82) is 0 Å². The van der Waals surface area contributed by atoms with Crippen LogP contribution in [0.2, 0.25) is 0 Å². The summed E-state index contributed by atoms with van der Waals surface area (Å²) in [6.45, 7) is 1.77. The summed E-state index contributed by atoms with van der Waals surface area (Å²) in [5, 5.41) is 3.75. The van der Waals surface area contributed by atoms with E-state index in [-0.39, 0.29) is 5.91 Å². The molecular weight excluding hydrogens is 166 g/mol. The van der Waals surface area contributed by atoms with E-state index in [0.29, 0.717) is 6.42 Å². The molecule has 0 saturated carbocycles. The second-order valence-corrected chi connectivity index (χ2v) is 2.43. The Kier molecular flexibility index (Phi) is 3.63. The van der Waals surface area contributed by atoms with Gasteiger partial charge in [0.25, 0.3) is 0 Å². The molecule has 0 aliphatic carbocycles. The highest BCUT2D eigenvalue weighted by Gasteiger charge is 1.90. The Morgan fingerprint density at radius 3 is 3.23 bits per heavy atom. The summed E-state index contributed by atoms with van der Waals surface area (Å²) < 4.78 is 0. The molecular formula is C9H11N3O. The van der Waals surface area contributed by atoms with E-state index >= 15 is 0 Å². The number of carbonyl (C=O) groups is 1. The van der Waals surface area contributed by atoms with Crippen LogP contribution in [0.4, 0.5) is 0 Å². The van der Waals surface area contributed by atoms with Crippen LogP contribution in [0.15, 0.2) is 29.6 Å². The van der Waals surface area contributed by atoms with Crippen LogP contribution in [-0.2, 0) is 4.79 Å². The number of aromatic nitrogens is 1. The van der Waals surface area contributed by atoms with Crippen LogP contribution in [0, 0.1) is 0 Å². The van der Waals surface area contributed by atoms with Crippen LogP contribution in [0.5, 0.6) is 0 Å². The topological polar surface area (TPSA) is 54.4 Å². The van der Waals surface area contributed by atoms with Crippen molar-refractivity contribution in [3.63, 3.8) is 0 Å². The molecule has 1 N–H and O–H groups in total. The van der Waals surface area contributed by atoms with E-state index in [0.717, 1.165) is 5.56 Å². The smallest absolute Gasteiger partial charge is 0.239 e. The molecule has 0 fully saturated rings. The number of nitrogens with zero attached hydrogens (tertiary/aromatic N) is 2. The first-order chi connectivity index (χ1) is 6.33. The summed E-state index contributed by atoms with van der Waals surface area (Å²) in [5.74, 6) is -0.0971. The monoisotopic (exact) mass is 177 g/mol. The summed E-state index contributed by atoms with van der Waals surface area (Å²) in [5.41, 5.74) is 3.24. The van der Waals surface area contributed by atoms with Gasteiger partial charge in [-0.05, 0) is 6.07 Å². The number of nitrogens with one attached hydrogen (secondary N) is 1. The van der Waals surface area contributed by atoms with E-state index in [1.165, 1.54) is 0 Å². The Labute approximate surface area is 76.7 Å². The van der Waals surface area contributed by atoms with Crippen LogP contribution in [0.1, 0.15) is 18.9 Å². The molecule has 0 saturated heterocycles. The first-order valence-electron chi connectivity index (χ1n) is 4.05. The number of hydrogen-bond acceptors (Lipinski definition) is 3. The molecule has 4 nitrogen and oxygen atoms in total. The van der Waals surface area contributed by atoms with Gasteiger partial charge in [-0.2, -0.15) is 5.10 Å². The van der Waals surface area contributed by atoms with Crippen LogP contribution in [-0.4, -0.2) is 17.1 Å².